The molecule has 0 bridgehead atoms. The Kier molecular flexibility index (Phi) is 3.21. The molecular weight excluding hydrogens is 238 g/mol. The van der Waals surface area contributed by atoms with Crippen LogP contribution in [0.3, 0.4) is 0 Å². The highest BCUT2D eigenvalue weighted by Gasteiger charge is 2.26. The molecule has 0 saturated heterocycles. The van der Waals surface area contributed by atoms with Gasteiger partial charge in [-0.05, 0) is 25.6 Å². The van der Waals surface area contributed by atoms with Crippen molar-refractivity contribution in [1.29, 1.82) is 0 Å². The molecule has 1 fully saturated rings. The second-order valence-electron chi connectivity index (χ2n) is 5.12. The van der Waals surface area contributed by atoms with Crippen molar-refractivity contribution in [3.8, 4) is 0 Å². The van der Waals surface area contributed by atoms with E-state index in [2.05, 4.69) is 21.7 Å². The van der Waals surface area contributed by atoms with Gasteiger partial charge in [0.2, 0.25) is 0 Å². The van der Waals surface area contributed by atoms with Crippen molar-refractivity contribution in [2.24, 2.45) is 21.7 Å². The van der Waals surface area contributed by atoms with Crippen molar-refractivity contribution in [3.05, 3.63) is 23.5 Å². The van der Waals surface area contributed by atoms with Crippen molar-refractivity contribution in [3.63, 3.8) is 0 Å². The number of hydrazine groups is 1. The van der Waals surface area contributed by atoms with Gasteiger partial charge in [-0.2, -0.15) is 0 Å². The van der Waals surface area contributed by atoms with E-state index in [-0.39, 0.29) is 0 Å². The summed E-state index contributed by atoms with van der Waals surface area (Å²) < 4.78 is 0. The third-order valence-electron chi connectivity index (χ3n) is 3.95. The maximum atomic E-state index is 6.06. The predicted octanol–water partition coefficient (Wildman–Crippen LogP) is 2.81. The maximum absolute atomic E-state index is 6.06. The number of aromatic amines is 1. The topological polar surface area (TPSA) is 69.8 Å². The first-order valence-electron chi connectivity index (χ1n) is 6.78. The average molecular weight is 257 g/mol. The Morgan fingerprint density at radius 2 is 2.21 bits per heavy atom. The number of nitrogens with one attached hydrogen (secondary N) is 1. The molecule has 1 saturated carbocycles. The molecule has 2 heterocycles. The fourth-order valence-corrected chi connectivity index (χ4v) is 3.02. The average Bonchev–Trinajstić information content (AvgIpc) is 2.91. The lowest BCUT2D eigenvalue weighted by Crippen LogP contribution is -2.31. The first kappa shape index (κ1) is 12.2. The van der Waals surface area contributed by atoms with E-state index in [1.165, 1.54) is 32.1 Å². The Hall–Kier alpha value is -1.88. The molecular formula is C14H19N5. The van der Waals surface area contributed by atoms with E-state index in [0.29, 0.717) is 5.92 Å². The number of hydrogen-bond donors (Lipinski definition) is 2. The van der Waals surface area contributed by atoms with Crippen LogP contribution >= 0.6 is 0 Å². The first-order valence-corrected chi connectivity index (χ1v) is 6.78. The third-order valence-corrected chi connectivity index (χ3v) is 3.95. The number of aromatic nitrogens is 1. The molecule has 1 aliphatic heterocycles. The molecule has 0 amide bonds. The van der Waals surface area contributed by atoms with Crippen LogP contribution in [-0.4, -0.2) is 23.0 Å². The highest BCUT2D eigenvalue weighted by Crippen LogP contribution is 2.38. The van der Waals surface area contributed by atoms with Crippen LogP contribution < -0.4 is 5.84 Å². The van der Waals surface area contributed by atoms with Gasteiger partial charge >= 0.3 is 0 Å². The molecule has 0 unspecified atom stereocenters. The number of fused-ring (bicyclic) bond motifs is 1. The molecule has 1 aliphatic carbocycles. The largest absolute Gasteiger partial charge is 0.346 e. The zero-order valence-electron chi connectivity index (χ0n) is 11.0. The van der Waals surface area contributed by atoms with Gasteiger partial charge in [0.25, 0.3) is 0 Å². The number of nitrogens with zero attached hydrogens (tertiary/aromatic N) is 3. The van der Waals surface area contributed by atoms with E-state index < -0.39 is 0 Å². The normalized spacial score (nSPS) is 22.3. The fourth-order valence-electron chi connectivity index (χ4n) is 3.02. The second-order valence-corrected chi connectivity index (χ2v) is 5.12. The summed E-state index contributed by atoms with van der Waals surface area (Å²) in [5.74, 6) is 7.36. The van der Waals surface area contributed by atoms with Gasteiger partial charge in [0.15, 0.2) is 0 Å². The Bertz CT molecular complexity index is 534. The van der Waals surface area contributed by atoms with E-state index in [0.717, 1.165) is 22.8 Å². The highest BCUT2D eigenvalue weighted by molar-refractivity contribution is 5.87. The summed E-state index contributed by atoms with van der Waals surface area (Å²) in [6.07, 6.45) is 9.68. The smallest absolute Gasteiger partial charge is 0.141 e. The molecule has 2 aliphatic rings. The summed E-state index contributed by atoms with van der Waals surface area (Å²) in [6, 6.07) is 2.00. The lowest BCUT2D eigenvalue weighted by Gasteiger charge is -2.28. The Balaban J connectivity index is 2.07. The monoisotopic (exact) mass is 257 g/mol. The number of nitrogens with two attached hydrogens (primary N) is 1. The van der Waals surface area contributed by atoms with Crippen LogP contribution in [0.5, 0.6) is 0 Å². The van der Waals surface area contributed by atoms with E-state index in [4.69, 9.17) is 5.84 Å². The van der Waals surface area contributed by atoms with Gasteiger partial charge in [-0.3, -0.25) is 10.0 Å². The molecule has 1 aromatic rings. The summed E-state index contributed by atoms with van der Waals surface area (Å²) in [5.41, 5.74) is 2.96. The Morgan fingerprint density at radius 1 is 1.42 bits per heavy atom. The number of aliphatic imine (C=N–C) groups is 2. The number of allylic oxidation sites excluding steroid dienone is 1. The van der Waals surface area contributed by atoms with E-state index >= 15 is 0 Å². The summed E-state index contributed by atoms with van der Waals surface area (Å²) in [6.45, 7) is 3.76. The molecule has 3 rings (SSSR count). The molecule has 5 heteroatoms. The standard InChI is InChI=1S/C14H19N5/c1-16-12(10-5-3-2-4-6-10)13-11-7-8-17-14(11)18-9-19(13)15/h7-10,17H,1-6,15H2/b13-12-. The van der Waals surface area contributed by atoms with Gasteiger partial charge in [0.1, 0.15) is 12.2 Å². The minimum Gasteiger partial charge on any atom is -0.346 e. The summed E-state index contributed by atoms with van der Waals surface area (Å²) in [5, 5.41) is 1.56. The van der Waals surface area contributed by atoms with Crippen LogP contribution in [0.4, 0.5) is 5.82 Å². The lowest BCUT2D eigenvalue weighted by molar-refractivity contribution is 0.398. The fraction of sp³-hybridized carbons (Fsp3) is 0.429. The van der Waals surface area contributed by atoms with Gasteiger partial charge in [-0.1, -0.05) is 19.3 Å². The van der Waals surface area contributed by atoms with E-state index in [1.807, 2.05) is 12.3 Å². The SMILES string of the molecule is C=N/C(=C1/c2cc[nH]c2N=CN1N)C1CCCCC1. The van der Waals surface area contributed by atoms with Crippen LogP contribution in [-0.2, 0) is 0 Å². The quantitative estimate of drug-likeness (QED) is 0.631. The molecule has 5 nitrogen and oxygen atoms in total. The molecule has 19 heavy (non-hydrogen) atoms. The Morgan fingerprint density at radius 3 is 2.95 bits per heavy atom. The highest BCUT2D eigenvalue weighted by atomic mass is 15.4. The lowest BCUT2D eigenvalue weighted by atomic mass is 9.85. The zero-order chi connectivity index (χ0) is 13.2. The Labute approximate surface area is 112 Å². The molecule has 3 N–H and O–H groups in total. The van der Waals surface area contributed by atoms with Gasteiger partial charge in [0, 0.05) is 17.7 Å². The molecule has 1 aromatic heterocycles. The van der Waals surface area contributed by atoms with Crippen LogP contribution in [0.25, 0.3) is 5.70 Å². The van der Waals surface area contributed by atoms with Crippen molar-refractivity contribution in [2.45, 2.75) is 32.1 Å². The van der Waals surface area contributed by atoms with Crippen LogP contribution in [0.1, 0.15) is 37.7 Å². The minimum atomic E-state index is 0.460. The third kappa shape index (κ3) is 2.10. The molecule has 0 aromatic carbocycles. The van der Waals surface area contributed by atoms with E-state index in [1.54, 1.807) is 11.3 Å². The summed E-state index contributed by atoms with van der Waals surface area (Å²) in [7, 11) is 0. The van der Waals surface area contributed by atoms with Crippen LogP contribution in [0.2, 0.25) is 0 Å². The summed E-state index contributed by atoms with van der Waals surface area (Å²) in [4.78, 5) is 11.7. The van der Waals surface area contributed by atoms with Crippen LogP contribution in [0.15, 0.2) is 27.9 Å². The predicted molar refractivity (Wildman–Crippen MR) is 78.0 cm³/mol. The maximum Gasteiger partial charge on any atom is 0.141 e. The first-order chi connectivity index (χ1) is 9.31. The minimum absolute atomic E-state index is 0.460. The second kappa shape index (κ2) is 5.01. The van der Waals surface area contributed by atoms with Crippen molar-refractivity contribution in [1.82, 2.24) is 9.99 Å². The van der Waals surface area contributed by atoms with Crippen molar-refractivity contribution in [2.75, 3.05) is 0 Å². The number of rotatable bonds is 2. The molecule has 0 spiro atoms. The molecule has 0 radical (unpaired) electrons. The van der Waals surface area contributed by atoms with Gasteiger partial charge in [-0.25, -0.2) is 10.8 Å². The van der Waals surface area contributed by atoms with E-state index in [9.17, 15) is 0 Å². The number of hydrogen-bond acceptors (Lipinski definition) is 4. The number of H-pyrrole nitrogens is 1. The van der Waals surface area contributed by atoms with Crippen molar-refractivity contribution < 1.29 is 0 Å². The van der Waals surface area contributed by atoms with Gasteiger partial charge in [-0.15, -0.1) is 0 Å². The van der Waals surface area contributed by atoms with Crippen molar-refractivity contribution >= 4 is 24.6 Å². The van der Waals surface area contributed by atoms with Crippen LogP contribution in [0, 0.1) is 5.92 Å². The molecule has 100 valence electrons. The molecule has 0 atom stereocenters. The zero-order valence-corrected chi connectivity index (χ0v) is 11.0. The summed E-state index contributed by atoms with van der Waals surface area (Å²) >= 11 is 0. The van der Waals surface area contributed by atoms with Gasteiger partial charge in [0.05, 0.1) is 11.4 Å². The van der Waals surface area contributed by atoms with Gasteiger partial charge < -0.3 is 4.98 Å².